The first-order chi connectivity index (χ1) is 7.81. The number of fused-ring (bicyclic) bond motifs is 1. The molecule has 0 unspecified atom stereocenters. The molecule has 16 heavy (non-hydrogen) atoms. The lowest BCUT2D eigenvalue weighted by Crippen LogP contribution is -1.76. The number of H-pyrrole nitrogens is 1. The fourth-order valence-corrected chi connectivity index (χ4v) is 1.61. The van der Waals surface area contributed by atoms with E-state index in [0.29, 0.717) is 0 Å². The molecule has 0 bridgehead atoms. The molecule has 1 N–H and O–H groups in total. The fourth-order valence-electron chi connectivity index (χ4n) is 1.28. The van der Waals surface area contributed by atoms with Gasteiger partial charge in [-0.25, -0.2) is 4.98 Å². The van der Waals surface area contributed by atoms with E-state index in [4.69, 9.17) is 5.53 Å². The van der Waals surface area contributed by atoms with E-state index in [-0.39, 0.29) is 6.54 Å². The molecular weight excluding hydrogens is 270 g/mol. The van der Waals surface area contributed by atoms with Gasteiger partial charge in [-0.2, -0.15) is 0 Å². The van der Waals surface area contributed by atoms with Crippen molar-refractivity contribution in [2.45, 2.75) is 0 Å². The molecule has 0 spiro atoms. The summed E-state index contributed by atoms with van der Waals surface area (Å²) < 4.78 is 0.901. The maximum atomic E-state index is 8.10. The van der Waals surface area contributed by atoms with Gasteiger partial charge in [0, 0.05) is 27.2 Å². The first-order valence-electron chi connectivity index (χ1n) is 4.43. The summed E-state index contributed by atoms with van der Waals surface area (Å²) in [7, 11) is 0. The highest BCUT2D eigenvalue weighted by Gasteiger charge is 2.02. The molecule has 78 valence electrons. The van der Waals surface area contributed by atoms with Crippen LogP contribution in [-0.2, 0) is 0 Å². The van der Waals surface area contributed by atoms with Crippen LogP contribution in [0.15, 0.2) is 28.0 Å². The highest BCUT2D eigenvalue weighted by molar-refractivity contribution is 9.10. The van der Waals surface area contributed by atoms with Gasteiger partial charge < -0.3 is 4.98 Å². The quantitative estimate of drug-likeness (QED) is 0.369. The lowest BCUT2D eigenvalue weighted by molar-refractivity contribution is 1.25. The number of nitrogens with one attached hydrogen (secondary N) is 1. The van der Waals surface area contributed by atoms with Crippen molar-refractivity contribution < 1.29 is 0 Å². The summed E-state index contributed by atoms with van der Waals surface area (Å²) in [5.41, 5.74) is 9.73. The third-order valence-corrected chi connectivity index (χ3v) is 2.37. The van der Waals surface area contributed by atoms with E-state index in [1.165, 1.54) is 0 Å². The van der Waals surface area contributed by atoms with Gasteiger partial charge in [0.2, 0.25) is 0 Å². The smallest absolute Gasteiger partial charge is 0.138 e. The second kappa shape index (κ2) is 4.71. The largest absolute Gasteiger partial charge is 0.345 e. The molecule has 0 aliphatic heterocycles. The summed E-state index contributed by atoms with van der Waals surface area (Å²) in [6.07, 6.45) is 3.50. The summed E-state index contributed by atoms with van der Waals surface area (Å²) in [5.74, 6) is 5.69. The van der Waals surface area contributed by atoms with E-state index in [1.54, 1.807) is 12.4 Å². The summed E-state index contributed by atoms with van der Waals surface area (Å²) >= 11 is 3.35. The normalized spacial score (nSPS) is 9.31. The van der Waals surface area contributed by atoms with Crippen LogP contribution in [0.1, 0.15) is 5.56 Å². The van der Waals surface area contributed by atoms with Crippen LogP contribution in [0, 0.1) is 11.8 Å². The van der Waals surface area contributed by atoms with Crippen LogP contribution in [0.3, 0.4) is 0 Å². The van der Waals surface area contributed by atoms with Crippen LogP contribution in [0.4, 0.5) is 0 Å². The zero-order valence-corrected chi connectivity index (χ0v) is 9.69. The second-order valence-corrected chi connectivity index (χ2v) is 3.86. The summed E-state index contributed by atoms with van der Waals surface area (Å²) in [6.45, 7) is 0.171. The first kappa shape index (κ1) is 10.6. The third-order valence-electron chi connectivity index (χ3n) is 1.93. The lowest BCUT2D eigenvalue weighted by Gasteiger charge is -1.90. The van der Waals surface area contributed by atoms with Crippen LogP contribution in [0.2, 0.25) is 0 Å². The molecule has 2 heterocycles. The number of aromatic amines is 1. The van der Waals surface area contributed by atoms with Crippen molar-refractivity contribution >= 4 is 27.0 Å². The van der Waals surface area contributed by atoms with Gasteiger partial charge in [0.1, 0.15) is 5.65 Å². The van der Waals surface area contributed by atoms with E-state index < -0.39 is 0 Å². The molecule has 5 nitrogen and oxygen atoms in total. The zero-order valence-electron chi connectivity index (χ0n) is 8.11. The number of hydrogen-bond acceptors (Lipinski definition) is 2. The van der Waals surface area contributed by atoms with Crippen LogP contribution in [-0.4, -0.2) is 16.5 Å². The number of hydrogen-bond donors (Lipinski definition) is 1. The van der Waals surface area contributed by atoms with Crippen molar-refractivity contribution in [2.24, 2.45) is 5.11 Å². The maximum Gasteiger partial charge on any atom is 0.138 e. The SMILES string of the molecule is [N-]=[N+]=NCC#Cc1c[nH]c2ncc(Br)cc12. The molecule has 0 radical (unpaired) electrons. The maximum absolute atomic E-state index is 8.10. The van der Waals surface area contributed by atoms with Crippen molar-refractivity contribution in [3.63, 3.8) is 0 Å². The van der Waals surface area contributed by atoms with E-state index in [2.05, 4.69) is 47.8 Å². The van der Waals surface area contributed by atoms with Crippen LogP contribution in [0.25, 0.3) is 21.5 Å². The second-order valence-electron chi connectivity index (χ2n) is 2.94. The Labute approximate surface area is 99.6 Å². The van der Waals surface area contributed by atoms with Crippen molar-refractivity contribution in [1.82, 2.24) is 9.97 Å². The van der Waals surface area contributed by atoms with E-state index in [9.17, 15) is 0 Å². The van der Waals surface area contributed by atoms with Gasteiger partial charge >= 0.3 is 0 Å². The molecule has 0 saturated heterocycles. The molecular formula is C10H6BrN5. The predicted molar refractivity (Wildman–Crippen MR) is 64.7 cm³/mol. The Hall–Kier alpha value is -1.96. The van der Waals surface area contributed by atoms with Crippen molar-refractivity contribution in [3.8, 4) is 11.8 Å². The Bertz CT molecular complexity index is 627. The Morgan fingerprint density at radius 1 is 1.62 bits per heavy atom. The number of rotatable bonds is 1. The molecule has 0 fully saturated rings. The fraction of sp³-hybridized carbons (Fsp3) is 0.100. The predicted octanol–water partition coefficient (Wildman–Crippen LogP) is 2.99. The Morgan fingerprint density at radius 2 is 2.50 bits per heavy atom. The number of aromatic nitrogens is 2. The number of halogens is 1. The Kier molecular flexibility index (Phi) is 3.10. The molecule has 0 atom stereocenters. The van der Waals surface area contributed by atoms with Crippen LogP contribution in [0.5, 0.6) is 0 Å². The summed E-state index contributed by atoms with van der Waals surface area (Å²) in [4.78, 5) is 9.84. The molecule has 0 aliphatic rings. The molecule has 2 rings (SSSR count). The Morgan fingerprint density at radius 3 is 3.31 bits per heavy atom. The topological polar surface area (TPSA) is 77.4 Å². The van der Waals surface area contributed by atoms with Crippen molar-refractivity contribution in [3.05, 3.63) is 38.9 Å². The van der Waals surface area contributed by atoms with Gasteiger partial charge in [-0.05, 0) is 27.5 Å². The average molecular weight is 276 g/mol. The third kappa shape index (κ3) is 2.16. The van der Waals surface area contributed by atoms with Gasteiger partial charge in [-0.15, -0.1) is 0 Å². The van der Waals surface area contributed by atoms with Gasteiger partial charge in [-0.1, -0.05) is 17.0 Å². The molecule has 6 heteroatoms. The minimum absolute atomic E-state index is 0.171. The standard InChI is InChI=1S/C10H6BrN5/c11-8-4-9-7(2-1-3-15-16-12)5-13-10(9)14-6-8/h4-6H,3H2,(H,13,14). The summed E-state index contributed by atoms with van der Waals surface area (Å²) in [6, 6.07) is 1.94. The number of nitrogens with zero attached hydrogens (tertiary/aromatic N) is 4. The zero-order chi connectivity index (χ0) is 11.4. The van der Waals surface area contributed by atoms with Crippen molar-refractivity contribution in [1.29, 1.82) is 0 Å². The number of azide groups is 1. The van der Waals surface area contributed by atoms with E-state index >= 15 is 0 Å². The molecule has 0 saturated carbocycles. The minimum atomic E-state index is 0.171. The molecule has 2 aromatic heterocycles. The van der Waals surface area contributed by atoms with E-state index in [0.717, 1.165) is 21.1 Å². The number of pyridine rings is 1. The van der Waals surface area contributed by atoms with Gasteiger partial charge in [0.05, 0.1) is 12.1 Å². The Balaban J connectivity index is 2.40. The van der Waals surface area contributed by atoms with Crippen molar-refractivity contribution in [2.75, 3.05) is 6.54 Å². The van der Waals surface area contributed by atoms with Gasteiger partial charge in [0.25, 0.3) is 0 Å². The monoisotopic (exact) mass is 275 g/mol. The highest BCUT2D eigenvalue weighted by atomic mass is 79.9. The minimum Gasteiger partial charge on any atom is -0.345 e. The highest BCUT2D eigenvalue weighted by Crippen LogP contribution is 2.19. The van der Waals surface area contributed by atoms with Gasteiger partial charge in [-0.3, -0.25) is 0 Å². The van der Waals surface area contributed by atoms with Gasteiger partial charge in [0.15, 0.2) is 0 Å². The summed E-state index contributed by atoms with van der Waals surface area (Å²) in [5, 5.41) is 4.29. The first-order valence-corrected chi connectivity index (χ1v) is 5.23. The molecule has 0 aromatic carbocycles. The molecule has 2 aromatic rings. The average Bonchev–Trinajstić information content (AvgIpc) is 2.67. The lowest BCUT2D eigenvalue weighted by atomic mass is 10.2. The van der Waals surface area contributed by atoms with Crippen LogP contribution < -0.4 is 0 Å². The van der Waals surface area contributed by atoms with Crippen LogP contribution >= 0.6 is 15.9 Å². The van der Waals surface area contributed by atoms with E-state index in [1.807, 2.05) is 6.07 Å². The molecule has 0 aliphatic carbocycles. The molecule has 0 amide bonds.